The third-order valence-electron chi connectivity index (χ3n) is 1.40. The third-order valence-corrected chi connectivity index (χ3v) is 1.40. The Kier molecular flexibility index (Phi) is 5.11. The van der Waals surface area contributed by atoms with Crippen molar-refractivity contribution in [2.45, 2.75) is 6.17 Å². The van der Waals surface area contributed by atoms with Crippen LogP contribution in [0.2, 0.25) is 0 Å². The number of nitrogens with two attached hydrogens (primary N) is 1. The molecule has 1 unspecified atom stereocenters. The normalized spacial score (nSPS) is 15.2. The van der Waals surface area contributed by atoms with E-state index in [0.717, 1.165) is 6.54 Å². The van der Waals surface area contributed by atoms with Gasteiger partial charge in [0.25, 0.3) is 0 Å². The van der Waals surface area contributed by atoms with Gasteiger partial charge in [-0.25, -0.2) is 0 Å². The first-order valence-electron chi connectivity index (χ1n) is 3.77. The van der Waals surface area contributed by atoms with Gasteiger partial charge in [-0.2, -0.15) is 0 Å². The van der Waals surface area contributed by atoms with E-state index in [-0.39, 0.29) is 6.17 Å². The molecule has 0 heterocycles. The molecule has 0 aliphatic heterocycles. The van der Waals surface area contributed by atoms with Crippen molar-refractivity contribution in [3.8, 4) is 0 Å². The van der Waals surface area contributed by atoms with Gasteiger partial charge in [0.1, 0.15) is 0 Å². The molecular weight excluding hydrogens is 138 g/mol. The van der Waals surface area contributed by atoms with Crippen LogP contribution in [0.4, 0.5) is 0 Å². The van der Waals surface area contributed by atoms with Crippen LogP contribution in [0.25, 0.3) is 0 Å². The zero-order valence-electron chi connectivity index (χ0n) is 7.91. The molecule has 0 fully saturated rings. The molecule has 1 atom stereocenters. The smallest absolute Gasteiger partial charge is 0.0759 e. The van der Waals surface area contributed by atoms with Crippen LogP contribution < -0.4 is 5.73 Å². The Morgan fingerprint density at radius 3 is 2.18 bits per heavy atom. The van der Waals surface area contributed by atoms with E-state index in [4.69, 9.17) is 5.73 Å². The van der Waals surface area contributed by atoms with Gasteiger partial charge in [0.15, 0.2) is 0 Å². The van der Waals surface area contributed by atoms with E-state index in [9.17, 15) is 0 Å². The van der Waals surface area contributed by atoms with Gasteiger partial charge in [-0.15, -0.1) is 0 Å². The second kappa shape index (κ2) is 5.29. The van der Waals surface area contributed by atoms with E-state index in [1.165, 1.54) is 0 Å². The van der Waals surface area contributed by atoms with Crippen LogP contribution in [0.15, 0.2) is 12.2 Å². The first-order valence-corrected chi connectivity index (χ1v) is 3.77. The SMILES string of the molecule is CN(C)CC=CC(N)N(C)C. The number of nitrogens with zero attached hydrogens (tertiary/aromatic N) is 2. The molecule has 0 aromatic carbocycles. The lowest BCUT2D eigenvalue weighted by molar-refractivity contribution is 0.349. The Labute approximate surface area is 69.5 Å². The standard InChI is InChI=1S/C8H19N3/c1-10(2)7-5-6-8(9)11(3)4/h5-6,8H,7,9H2,1-4H3. The third kappa shape index (κ3) is 6.04. The predicted octanol–water partition coefficient (Wildman–Crippen LogP) is -0.0494. The number of hydrogen-bond donors (Lipinski definition) is 1. The summed E-state index contributed by atoms with van der Waals surface area (Å²) in [6.45, 7) is 0.946. The van der Waals surface area contributed by atoms with Crippen LogP contribution in [0.5, 0.6) is 0 Å². The second-order valence-corrected chi connectivity index (χ2v) is 3.14. The summed E-state index contributed by atoms with van der Waals surface area (Å²) in [5.41, 5.74) is 5.72. The van der Waals surface area contributed by atoms with Crippen molar-refractivity contribution in [1.29, 1.82) is 0 Å². The lowest BCUT2D eigenvalue weighted by atomic mass is 10.4. The fourth-order valence-electron chi connectivity index (χ4n) is 0.583. The van der Waals surface area contributed by atoms with E-state index in [2.05, 4.69) is 11.0 Å². The van der Waals surface area contributed by atoms with E-state index >= 15 is 0 Å². The predicted molar refractivity (Wildman–Crippen MR) is 49.4 cm³/mol. The molecule has 0 aromatic rings. The number of rotatable bonds is 4. The quantitative estimate of drug-likeness (QED) is 0.459. The molecule has 0 radical (unpaired) electrons. The topological polar surface area (TPSA) is 32.5 Å². The van der Waals surface area contributed by atoms with Crippen LogP contribution in [-0.4, -0.2) is 50.7 Å². The molecule has 0 saturated heterocycles. The minimum absolute atomic E-state index is 0.0370. The van der Waals surface area contributed by atoms with Gasteiger partial charge in [0, 0.05) is 6.54 Å². The maximum absolute atomic E-state index is 5.72. The summed E-state index contributed by atoms with van der Waals surface area (Å²) in [5, 5.41) is 0. The van der Waals surface area contributed by atoms with Crippen molar-refractivity contribution < 1.29 is 0 Å². The summed E-state index contributed by atoms with van der Waals surface area (Å²) < 4.78 is 0. The molecule has 0 saturated carbocycles. The van der Waals surface area contributed by atoms with Crippen LogP contribution in [0, 0.1) is 0 Å². The molecule has 3 nitrogen and oxygen atoms in total. The van der Waals surface area contributed by atoms with Crippen molar-refractivity contribution >= 4 is 0 Å². The second-order valence-electron chi connectivity index (χ2n) is 3.14. The van der Waals surface area contributed by atoms with Crippen molar-refractivity contribution in [2.75, 3.05) is 34.7 Å². The summed E-state index contributed by atoms with van der Waals surface area (Å²) in [4.78, 5) is 4.06. The van der Waals surface area contributed by atoms with E-state index < -0.39 is 0 Å². The first-order chi connectivity index (χ1) is 5.04. The van der Waals surface area contributed by atoms with Crippen molar-refractivity contribution in [2.24, 2.45) is 5.73 Å². The largest absolute Gasteiger partial charge is 0.312 e. The maximum atomic E-state index is 5.72. The average molecular weight is 157 g/mol. The Morgan fingerprint density at radius 2 is 1.82 bits per heavy atom. The minimum Gasteiger partial charge on any atom is -0.312 e. The molecule has 0 amide bonds. The van der Waals surface area contributed by atoms with Gasteiger partial charge < -0.3 is 10.6 Å². The molecule has 11 heavy (non-hydrogen) atoms. The molecule has 0 aromatic heterocycles. The Morgan fingerprint density at radius 1 is 1.27 bits per heavy atom. The van der Waals surface area contributed by atoms with Gasteiger partial charge in [-0.05, 0) is 28.2 Å². The fraction of sp³-hybridized carbons (Fsp3) is 0.750. The summed E-state index contributed by atoms with van der Waals surface area (Å²) in [6, 6.07) is 0. The number of hydrogen-bond acceptors (Lipinski definition) is 3. The van der Waals surface area contributed by atoms with Crippen LogP contribution in [-0.2, 0) is 0 Å². The van der Waals surface area contributed by atoms with Crippen molar-refractivity contribution in [3.05, 3.63) is 12.2 Å². The fourth-order valence-corrected chi connectivity index (χ4v) is 0.583. The summed E-state index contributed by atoms with van der Waals surface area (Å²) >= 11 is 0. The van der Waals surface area contributed by atoms with Crippen LogP contribution in [0.3, 0.4) is 0 Å². The van der Waals surface area contributed by atoms with E-state index in [1.807, 2.05) is 39.2 Å². The molecule has 66 valence electrons. The van der Waals surface area contributed by atoms with Crippen molar-refractivity contribution in [3.63, 3.8) is 0 Å². The molecule has 3 heteroatoms. The average Bonchev–Trinajstić information content (AvgIpc) is 1.86. The van der Waals surface area contributed by atoms with Gasteiger partial charge >= 0.3 is 0 Å². The zero-order valence-corrected chi connectivity index (χ0v) is 7.91. The lowest BCUT2D eigenvalue weighted by Crippen LogP contribution is -2.34. The highest BCUT2D eigenvalue weighted by Crippen LogP contribution is 1.86. The van der Waals surface area contributed by atoms with E-state index in [1.54, 1.807) is 0 Å². The molecule has 2 N–H and O–H groups in total. The van der Waals surface area contributed by atoms with E-state index in [0.29, 0.717) is 0 Å². The maximum Gasteiger partial charge on any atom is 0.0759 e. The molecule has 0 aliphatic carbocycles. The highest BCUT2D eigenvalue weighted by atomic mass is 15.2. The molecule has 0 spiro atoms. The van der Waals surface area contributed by atoms with Gasteiger partial charge in [0.05, 0.1) is 6.17 Å². The zero-order chi connectivity index (χ0) is 8.85. The highest BCUT2D eigenvalue weighted by Gasteiger charge is 1.96. The molecule has 0 bridgehead atoms. The monoisotopic (exact) mass is 157 g/mol. The summed E-state index contributed by atoms with van der Waals surface area (Å²) in [6.07, 6.45) is 4.11. The van der Waals surface area contributed by atoms with Gasteiger partial charge in [0.2, 0.25) is 0 Å². The van der Waals surface area contributed by atoms with Gasteiger partial charge in [-0.1, -0.05) is 12.2 Å². The molecular formula is C8H19N3. The Hall–Kier alpha value is -0.380. The van der Waals surface area contributed by atoms with Gasteiger partial charge in [-0.3, -0.25) is 4.90 Å². The lowest BCUT2D eigenvalue weighted by Gasteiger charge is -2.15. The molecule has 0 aliphatic rings. The minimum atomic E-state index is 0.0370. The molecule has 0 rings (SSSR count). The Balaban J connectivity index is 3.56. The highest BCUT2D eigenvalue weighted by molar-refractivity contribution is 4.91. The summed E-state index contributed by atoms with van der Waals surface area (Å²) in [7, 11) is 7.99. The first kappa shape index (κ1) is 10.6. The van der Waals surface area contributed by atoms with Crippen LogP contribution >= 0.6 is 0 Å². The van der Waals surface area contributed by atoms with Crippen LogP contribution in [0.1, 0.15) is 0 Å². The summed E-state index contributed by atoms with van der Waals surface area (Å²) in [5.74, 6) is 0. The number of likely N-dealkylation sites (N-methyl/N-ethyl adjacent to an activating group) is 2. The van der Waals surface area contributed by atoms with Crippen molar-refractivity contribution in [1.82, 2.24) is 9.80 Å². The Bertz CT molecular complexity index is 119.